The van der Waals surface area contributed by atoms with Gasteiger partial charge >= 0.3 is 6.18 Å². The molecule has 0 saturated heterocycles. The standard InChI is InChI=1S/C18H23ClF3N7O4/c1-26-15(30)12(9-4-5-10(32-2)11(8-9)33-3)13(19)14(23)16(31)27-17(28-24)29(25)7-6-18(20,21)22/h4-5,8,23H,6-7,24-25H2,1-3H3,(H,26,30)(H,27,28,31)/b13-12+,23-14?. The van der Waals surface area contributed by atoms with E-state index in [4.69, 9.17) is 38.2 Å². The lowest BCUT2D eigenvalue weighted by atomic mass is 10.0. The number of nitrogens with two attached hydrogens (primary N) is 2. The van der Waals surface area contributed by atoms with Gasteiger partial charge in [-0.3, -0.25) is 25.3 Å². The van der Waals surface area contributed by atoms with Crippen LogP contribution in [-0.2, 0) is 9.59 Å². The Morgan fingerprint density at radius 1 is 1.21 bits per heavy atom. The number of alkyl halides is 3. The van der Waals surface area contributed by atoms with Gasteiger partial charge in [0.15, 0.2) is 11.5 Å². The van der Waals surface area contributed by atoms with Gasteiger partial charge in [0.1, 0.15) is 5.71 Å². The first kappa shape index (κ1) is 27.5. The largest absolute Gasteiger partial charge is 0.493 e. The zero-order chi connectivity index (χ0) is 25.3. The van der Waals surface area contributed by atoms with Crippen LogP contribution in [0.25, 0.3) is 5.57 Å². The molecule has 0 heterocycles. The average molecular weight is 494 g/mol. The van der Waals surface area contributed by atoms with Crippen molar-refractivity contribution in [2.45, 2.75) is 12.6 Å². The molecule has 0 unspecified atom stereocenters. The molecule has 0 fully saturated rings. The van der Waals surface area contributed by atoms with Crippen LogP contribution in [0.5, 0.6) is 11.5 Å². The van der Waals surface area contributed by atoms with E-state index in [0.29, 0.717) is 10.8 Å². The molecule has 1 aromatic rings. The van der Waals surface area contributed by atoms with Crippen LogP contribution in [0.2, 0.25) is 0 Å². The molecule has 11 nitrogen and oxygen atoms in total. The van der Waals surface area contributed by atoms with E-state index in [1.54, 1.807) is 0 Å². The van der Waals surface area contributed by atoms with Crippen molar-refractivity contribution in [3.05, 3.63) is 28.8 Å². The number of rotatable bonds is 8. The van der Waals surface area contributed by atoms with E-state index in [1.165, 1.54) is 39.5 Å². The number of likely N-dealkylation sites (N-methyl/N-ethyl adjacent to an activating group) is 1. The fourth-order valence-corrected chi connectivity index (χ4v) is 2.68. The maximum absolute atomic E-state index is 12.5. The Labute approximate surface area is 192 Å². The van der Waals surface area contributed by atoms with Gasteiger partial charge in [0, 0.05) is 13.6 Å². The summed E-state index contributed by atoms with van der Waals surface area (Å²) in [6.07, 6.45) is -5.82. The average Bonchev–Trinajstić information content (AvgIpc) is 2.79. The number of methoxy groups -OCH3 is 2. The predicted molar refractivity (Wildman–Crippen MR) is 115 cm³/mol. The monoisotopic (exact) mass is 493 g/mol. The number of ether oxygens (including phenoxy) is 2. The van der Waals surface area contributed by atoms with Crippen molar-refractivity contribution in [2.24, 2.45) is 16.8 Å². The lowest BCUT2D eigenvalue weighted by Gasteiger charge is -2.21. The molecular formula is C18H23ClF3N7O4. The molecule has 1 aromatic carbocycles. The molecule has 0 aliphatic carbocycles. The third-order valence-corrected chi connectivity index (χ3v) is 4.43. The summed E-state index contributed by atoms with van der Waals surface area (Å²) < 4.78 is 47.5. The molecule has 0 aromatic heterocycles. The highest BCUT2D eigenvalue weighted by atomic mass is 35.5. The second kappa shape index (κ2) is 11.9. The fourth-order valence-electron chi connectivity index (χ4n) is 2.39. The molecule has 182 valence electrons. The maximum atomic E-state index is 12.5. The maximum Gasteiger partial charge on any atom is 0.390 e. The third-order valence-electron chi connectivity index (χ3n) is 4.05. The highest BCUT2D eigenvalue weighted by molar-refractivity contribution is 6.63. The molecule has 0 saturated carbocycles. The summed E-state index contributed by atoms with van der Waals surface area (Å²) in [6, 6.07) is 4.34. The molecule has 15 heteroatoms. The fraction of sp³-hybridized carbons (Fsp3) is 0.333. The van der Waals surface area contributed by atoms with E-state index in [9.17, 15) is 22.8 Å². The Kier molecular flexibility index (Phi) is 9.94. The van der Waals surface area contributed by atoms with E-state index >= 15 is 0 Å². The Bertz CT molecular complexity index is 967. The SMILES string of the molecule is CNC(=O)/C(=C(/Cl)C(=N)C(=O)N/C(=N/N)N(N)CCC(F)(F)F)c1ccc(OC)c(OC)c1. The molecule has 0 radical (unpaired) electrons. The molecule has 33 heavy (non-hydrogen) atoms. The summed E-state index contributed by atoms with van der Waals surface area (Å²) in [6.45, 7) is -0.772. The number of hydrazone groups is 1. The number of halogens is 4. The lowest BCUT2D eigenvalue weighted by Crippen LogP contribution is -2.51. The number of hydrogen-bond donors (Lipinski definition) is 5. The normalized spacial score (nSPS) is 12.4. The lowest BCUT2D eigenvalue weighted by molar-refractivity contribution is -0.136. The van der Waals surface area contributed by atoms with Crippen LogP contribution in [0.4, 0.5) is 13.2 Å². The van der Waals surface area contributed by atoms with Crippen molar-refractivity contribution in [3.63, 3.8) is 0 Å². The second-order valence-electron chi connectivity index (χ2n) is 6.18. The zero-order valence-electron chi connectivity index (χ0n) is 17.8. The summed E-state index contributed by atoms with van der Waals surface area (Å²) in [5, 5.41) is 15.4. The van der Waals surface area contributed by atoms with Crippen LogP contribution < -0.4 is 31.8 Å². The van der Waals surface area contributed by atoms with Gasteiger partial charge in [0.2, 0.25) is 5.96 Å². The van der Waals surface area contributed by atoms with E-state index in [-0.39, 0.29) is 16.9 Å². The van der Waals surface area contributed by atoms with Crippen LogP contribution in [0, 0.1) is 5.41 Å². The molecule has 7 N–H and O–H groups in total. The summed E-state index contributed by atoms with van der Waals surface area (Å²) in [7, 11) is 4.09. The number of benzene rings is 1. The predicted octanol–water partition coefficient (Wildman–Crippen LogP) is 0.893. The van der Waals surface area contributed by atoms with Crippen LogP contribution in [0.1, 0.15) is 12.0 Å². The first-order valence-corrected chi connectivity index (χ1v) is 9.39. The van der Waals surface area contributed by atoms with Crippen molar-refractivity contribution in [1.82, 2.24) is 15.6 Å². The highest BCUT2D eigenvalue weighted by Crippen LogP contribution is 2.32. The molecule has 0 aliphatic rings. The number of carbonyl (C=O) groups is 2. The van der Waals surface area contributed by atoms with Crippen LogP contribution in [0.15, 0.2) is 28.3 Å². The third kappa shape index (κ3) is 7.54. The minimum Gasteiger partial charge on any atom is -0.493 e. The number of amides is 2. The number of guanidine groups is 1. The Morgan fingerprint density at radius 2 is 1.82 bits per heavy atom. The number of nitrogens with one attached hydrogen (secondary N) is 3. The van der Waals surface area contributed by atoms with Crippen molar-refractivity contribution < 1.29 is 32.2 Å². The summed E-state index contributed by atoms with van der Waals surface area (Å²) >= 11 is 6.19. The summed E-state index contributed by atoms with van der Waals surface area (Å²) in [5.74, 6) is 8.52. The second-order valence-corrected chi connectivity index (χ2v) is 6.56. The molecule has 1 rings (SSSR count). The van der Waals surface area contributed by atoms with E-state index in [1.807, 2.05) is 5.32 Å². The van der Waals surface area contributed by atoms with Gasteiger partial charge in [-0.2, -0.15) is 13.2 Å². The van der Waals surface area contributed by atoms with Gasteiger partial charge in [-0.15, -0.1) is 5.10 Å². The van der Waals surface area contributed by atoms with Gasteiger partial charge in [-0.1, -0.05) is 17.7 Å². The van der Waals surface area contributed by atoms with Gasteiger partial charge in [0.25, 0.3) is 11.8 Å². The topological polar surface area (TPSA) is 168 Å². The van der Waals surface area contributed by atoms with Gasteiger partial charge in [-0.25, -0.2) is 5.84 Å². The number of hydrazine groups is 1. The molecule has 2 amide bonds. The van der Waals surface area contributed by atoms with E-state index in [2.05, 4.69) is 10.4 Å². The Morgan fingerprint density at radius 3 is 2.30 bits per heavy atom. The quantitative estimate of drug-likeness (QED) is 0.118. The van der Waals surface area contributed by atoms with Gasteiger partial charge in [0.05, 0.1) is 31.2 Å². The summed E-state index contributed by atoms with van der Waals surface area (Å²) in [4.78, 5) is 24.9. The minimum absolute atomic E-state index is 0.188. The highest BCUT2D eigenvalue weighted by Gasteiger charge is 2.29. The molecule has 0 spiro atoms. The molecular weight excluding hydrogens is 471 g/mol. The van der Waals surface area contributed by atoms with Crippen LogP contribution >= 0.6 is 11.6 Å². The number of hydrogen-bond acceptors (Lipinski definition) is 8. The van der Waals surface area contributed by atoms with Gasteiger partial charge in [-0.05, 0) is 17.7 Å². The van der Waals surface area contributed by atoms with Crippen molar-refractivity contribution in [3.8, 4) is 11.5 Å². The van der Waals surface area contributed by atoms with Crippen molar-refractivity contribution >= 4 is 40.7 Å². The van der Waals surface area contributed by atoms with Crippen LogP contribution in [-0.4, -0.2) is 62.5 Å². The molecule has 0 atom stereocenters. The number of carbonyl (C=O) groups excluding carboxylic acids is 2. The summed E-state index contributed by atoms with van der Waals surface area (Å²) in [5.41, 5.74) is -0.975. The Balaban J connectivity index is 3.25. The van der Waals surface area contributed by atoms with Crippen molar-refractivity contribution in [2.75, 3.05) is 27.8 Å². The molecule has 0 bridgehead atoms. The van der Waals surface area contributed by atoms with Crippen LogP contribution in [0.3, 0.4) is 0 Å². The van der Waals surface area contributed by atoms with Gasteiger partial charge < -0.3 is 20.6 Å². The van der Waals surface area contributed by atoms with E-state index < -0.39 is 47.7 Å². The zero-order valence-corrected chi connectivity index (χ0v) is 18.6. The first-order chi connectivity index (χ1) is 15.4. The Hall–Kier alpha value is -3.52. The number of nitrogens with zero attached hydrogens (tertiary/aromatic N) is 2. The van der Waals surface area contributed by atoms with Crippen molar-refractivity contribution in [1.29, 1.82) is 5.41 Å². The smallest absolute Gasteiger partial charge is 0.390 e. The minimum atomic E-state index is -4.51. The van der Waals surface area contributed by atoms with E-state index in [0.717, 1.165) is 0 Å². The first-order valence-electron chi connectivity index (χ1n) is 9.01. The molecule has 0 aliphatic heterocycles.